The normalized spacial score (nSPS) is 24.4. The molecule has 0 aliphatic carbocycles. The molecule has 0 bridgehead atoms. The van der Waals surface area contributed by atoms with Crippen LogP contribution in [0.1, 0.15) is 25.8 Å². The number of benzene rings is 1. The third-order valence-electron chi connectivity index (χ3n) is 5.26. The molecule has 0 radical (unpaired) electrons. The molecule has 2 heteroatoms. The van der Waals surface area contributed by atoms with Gasteiger partial charge in [-0.1, -0.05) is 0 Å². The molecule has 1 nitrogen and oxygen atoms in total. The summed E-state index contributed by atoms with van der Waals surface area (Å²) in [6.45, 7) is 4.88. The Bertz CT molecular complexity index is 453. The quantitative estimate of drug-likeness (QED) is 0.815. The van der Waals surface area contributed by atoms with Crippen molar-refractivity contribution in [3.8, 4) is 0 Å². The van der Waals surface area contributed by atoms with Crippen molar-refractivity contribution in [1.29, 1.82) is 0 Å². The summed E-state index contributed by atoms with van der Waals surface area (Å²) < 4.78 is 0. The maximum absolute atomic E-state index is 3.85. The van der Waals surface area contributed by atoms with Gasteiger partial charge in [0.15, 0.2) is 0 Å². The van der Waals surface area contributed by atoms with Gasteiger partial charge in [-0.3, -0.25) is 0 Å². The minimum atomic E-state index is -1.46. The first-order valence-corrected chi connectivity index (χ1v) is 13.7. The monoisotopic (exact) mass is 317 g/mol. The van der Waals surface area contributed by atoms with Gasteiger partial charge in [-0.25, -0.2) is 0 Å². The van der Waals surface area contributed by atoms with Crippen LogP contribution in [0.3, 0.4) is 0 Å². The molecule has 1 N–H and O–H groups in total. The molecule has 1 atom stereocenters. The fourth-order valence-corrected chi connectivity index (χ4v) is 12.2. The summed E-state index contributed by atoms with van der Waals surface area (Å²) in [7, 11) is 0. The zero-order valence-corrected chi connectivity index (χ0v) is 14.3. The molecule has 0 amide bonds. The molecule has 3 rings (SSSR count). The molecule has 0 fully saturated rings. The van der Waals surface area contributed by atoms with Crippen LogP contribution in [0.4, 0.5) is 0 Å². The standard InChI is InChI=1S/C17H25GeN/c1-3-18(4-2)12-15-11-16(19-17(15)13-18)10-14-8-6-5-7-9-14/h5-9,16,19H,3-4,10-13H2,1-2H3. The van der Waals surface area contributed by atoms with Crippen LogP contribution in [-0.4, -0.2) is 19.3 Å². The predicted molar refractivity (Wildman–Crippen MR) is 85.0 cm³/mol. The fraction of sp³-hybridized carbons (Fsp3) is 0.529. The molecule has 0 aromatic heterocycles. The number of hydrogen-bond donors (Lipinski definition) is 1. The summed E-state index contributed by atoms with van der Waals surface area (Å²) >= 11 is -1.46. The second kappa shape index (κ2) is 5.36. The third kappa shape index (κ3) is 2.62. The molecule has 1 aromatic rings. The Hall–Kier alpha value is -0.697. The molecule has 2 aliphatic heterocycles. The predicted octanol–water partition coefficient (Wildman–Crippen LogP) is 4.35. The summed E-state index contributed by atoms with van der Waals surface area (Å²) in [6, 6.07) is 11.6. The van der Waals surface area contributed by atoms with E-state index in [1.165, 1.54) is 39.4 Å². The van der Waals surface area contributed by atoms with E-state index >= 15 is 0 Å². The van der Waals surface area contributed by atoms with Crippen molar-refractivity contribution in [3.05, 3.63) is 47.2 Å². The summed E-state index contributed by atoms with van der Waals surface area (Å²) in [6.07, 6.45) is 2.50. The van der Waals surface area contributed by atoms with Crippen molar-refractivity contribution >= 4 is 13.3 Å². The van der Waals surface area contributed by atoms with E-state index in [1.807, 2.05) is 5.57 Å². The Morgan fingerprint density at radius 1 is 1.11 bits per heavy atom. The minimum absolute atomic E-state index is 0.668. The summed E-state index contributed by atoms with van der Waals surface area (Å²) in [5.74, 6) is 0. The topological polar surface area (TPSA) is 12.0 Å². The van der Waals surface area contributed by atoms with Gasteiger partial charge in [0.2, 0.25) is 0 Å². The van der Waals surface area contributed by atoms with Gasteiger partial charge in [0, 0.05) is 0 Å². The van der Waals surface area contributed by atoms with Gasteiger partial charge < -0.3 is 0 Å². The molecule has 102 valence electrons. The Morgan fingerprint density at radius 2 is 1.84 bits per heavy atom. The molecule has 2 aliphatic rings. The second-order valence-corrected chi connectivity index (χ2v) is 17.1. The molecule has 0 saturated carbocycles. The van der Waals surface area contributed by atoms with E-state index in [1.54, 1.807) is 5.70 Å². The Morgan fingerprint density at radius 3 is 2.47 bits per heavy atom. The number of nitrogens with one attached hydrogen (secondary N) is 1. The van der Waals surface area contributed by atoms with E-state index in [-0.39, 0.29) is 0 Å². The average molecular weight is 316 g/mol. The fourth-order valence-electron chi connectivity index (χ4n) is 3.84. The van der Waals surface area contributed by atoms with Crippen LogP contribution in [0.15, 0.2) is 41.6 Å². The number of allylic oxidation sites excluding steroid dienone is 1. The first kappa shape index (κ1) is 13.3. The van der Waals surface area contributed by atoms with Crippen LogP contribution in [0.2, 0.25) is 21.0 Å². The van der Waals surface area contributed by atoms with E-state index in [4.69, 9.17) is 0 Å². The molecule has 1 unspecified atom stereocenters. The van der Waals surface area contributed by atoms with Gasteiger partial charge in [-0.05, 0) is 0 Å². The molecular weight excluding hydrogens is 291 g/mol. The SMILES string of the molecule is C[CH2][Ge]1([CH2]C)[CH2]C2=C([CH2]1)NC(Cc1ccccc1)C2. The molecule has 2 heterocycles. The first-order valence-electron chi connectivity index (χ1n) is 7.76. The maximum atomic E-state index is 3.85. The van der Waals surface area contributed by atoms with Gasteiger partial charge in [0.25, 0.3) is 0 Å². The van der Waals surface area contributed by atoms with Crippen molar-refractivity contribution in [1.82, 2.24) is 5.32 Å². The summed E-state index contributed by atoms with van der Waals surface area (Å²) in [5, 5.41) is 9.88. The Labute approximate surface area is 119 Å². The van der Waals surface area contributed by atoms with Gasteiger partial charge in [-0.2, -0.15) is 0 Å². The summed E-state index contributed by atoms with van der Waals surface area (Å²) in [5.41, 5.74) is 4.95. The molecule has 0 saturated heterocycles. The van der Waals surface area contributed by atoms with E-state index in [2.05, 4.69) is 49.5 Å². The van der Waals surface area contributed by atoms with E-state index in [0.29, 0.717) is 6.04 Å². The second-order valence-electron chi connectivity index (χ2n) is 6.38. The zero-order chi connectivity index (χ0) is 13.3. The molecular formula is C17H25GeN. The summed E-state index contributed by atoms with van der Waals surface area (Å²) in [4.78, 5) is 0. The number of hydrogen-bond acceptors (Lipinski definition) is 1. The molecule has 0 spiro atoms. The van der Waals surface area contributed by atoms with Crippen molar-refractivity contribution in [2.75, 3.05) is 0 Å². The van der Waals surface area contributed by atoms with Crippen LogP contribution in [-0.2, 0) is 6.42 Å². The molecule has 1 aromatic carbocycles. The van der Waals surface area contributed by atoms with Crippen LogP contribution in [0.5, 0.6) is 0 Å². The number of rotatable bonds is 4. The van der Waals surface area contributed by atoms with Crippen molar-refractivity contribution < 1.29 is 0 Å². The van der Waals surface area contributed by atoms with Crippen molar-refractivity contribution in [3.63, 3.8) is 0 Å². The van der Waals surface area contributed by atoms with Gasteiger partial charge in [-0.15, -0.1) is 0 Å². The van der Waals surface area contributed by atoms with Crippen LogP contribution < -0.4 is 5.32 Å². The van der Waals surface area contributed by atoms with E-state index in [9.17, 15) is 0 Å². The van der Waals surface area contributed by atoms with Crippen LogP contribution in [0, 0.1) is 0 Å². The third-order valence-corrected chi connectivity index (χ3v) is 16.3. The van der Waals surface area contributed by atoms with Gasteiger partial charge in [0.05, 0.1) is 0 Å². The Balaban J connectivity index is 1.61. The Kier molecular flexibility index (Phi) is 3.75. The van der Waals surface area contributed by atoms with Crippen molar-refractivity contribution in [2.24, 2.45) is 0 Å². The average Bonchev–Trinajstić information content (AvgIpc) is 2.95. The zero-order valence-electron chi connectivity index (χ0n) is 12.2. The first-order chi connectivity index (χ1) is 9.24. The van der Waals surface area contributed by atoms with Gasteiger partial charge >= 0.3 is 119 Å². The molecule has 19 heavy (non-hydrogen) atoms. The van der Waals surface area contributed by atoms with E-state index in [0.717, 1.165) is 0 Å². The van der Waals surface area contributed by atoms with Gasteiger partial charge in [0.1, 0.15) is 0 Å². The van der Waals surface area contributed by atoms with Crippen LogP contribution in [0.25, 0.3) is 0 Å². The van der Waals surface area contributed by atoms with Crippen LogP contribution >= 0.6 is 0 Å². The van der Waals surface area contributed by atoms with E-state index < -0.39 is 13.3 Å². The van der Waals surface area contributed by atoms with Crippen molar-refractivity contribution in [2.45, 2.75) is 53.7 Å².